The third-order valence-electron chi connectivity index (χ3n) is 4.31. The lowest BCUT2D eigenvalue weighted by atomic mass is 9.90. The molecule has 1 unspecified atom stereocenters. The topological polar surface area (TPSA) is 55.4 Å². The Morgan fingerprint density at radius 2 is 1.36 bits per heavy atom. The Bertz CT molecular complexity index is 951. The molecule has 1 N–H and O–H groups in total. The molecule has 4 nitrogen and oxygen atoms in total. The Morgan fingerprint density at radius 1 is 0.821 bits per heavy atom. The quantitative estimate of drug-likeness (QED) is 0.487. The Labute approximate surface area is 164 Å². The first-order chi connectivity index (χ1) is 13.7. The van der Waals surface area contributed by atoms with Crippen LogP contribution in [0.4, 0.5) is 4.79 Å². The number of nitrogens with one attached hydrogen (secondary N) is 1. The summed E-state index contributed by atoms with van der Waals surface area (Å²) in [4.78, 5) is 25.4. The van der Waals surface area contributed by atoms with Crippen LogP contribution in [0.15, 0.2) is 96.6 Å². The van der Waals surface area contributed by atoms with Gasteiger partial charge >= 0.3 is 6.09 Å². The van der Waals surface area contributed by atoms with Crippen LogP contribution in [0.1, 0.15) is 27.5 Å². The van der Waals surface area contributed by atoms with Crippen molar-refractivity contribution in [3.63, 3.8) is 0 Å². The van der Waals surface area contributed by atoms with Crippen molar-refractivity contribution in [2.45, 2.75) is 6.04 Å². The highest BCUT2D eigenvalue weighted by molar-refractivity contribution is 6.12. The van der Waals surface area contributed by atoms with E-state index in [1.165, 1.54) is 7.11 Å². The van der Waals surface area contributed by atoms with Crippen LogP contribution in [-0.4, -0.2) is 19.0 Å². The van der Waals surface area contributed by atoms with Gasteiger partial charge in [-0.25, -0.2) is 4.79 Å². The fourth-order valence-electron chi connectivity index (χ4n) is 2.93. The molecule has 0 aliphatic rings. The Kier molecular flexibility index (Phi) is 6.37. The standard InChI is InChI=1S/C24H21NO3/c1-28-24(27)25-22(19-13-7-3-8-14-19)21(17-18-11-5-2-6-12-18)23(26)20-15-9-4-10-16-20/h2-17,22H,1H3,(H,25,27)/b21-17-. The molecule has 4 heteroatoms. The lowest BCUT2D eigenvalue weighted by Crippen LogP contribution is -2.32. The largest absolute Gasteiger partial charge is 0.453 e. The third kappa shape index (κ3) is 4.74. The molecule has 0 aromatic heterocycles. The summed E-state index contributed by atoms with van der Waals surface area (Å²) in [5.41, 5.74) is 2.67. The zero-order valence-electron chi connectivity index (χ0n) is 15.5. The van der Waals surface area contributed by atoms with Crippen molar-refractivity contribution in [2.24, 2.45) is 0 Å². The number of benzene rings is 3. The number of carbonyl (C=O) groups is 2. The molecule has 1 atom stereocenters. The zero-order valence-corrected chi connectivity index (χ0v) is 15.5. The average Bonchev–Trinajstić information content (AvgIpc) is 2.77. The van der Waals surface area contributed by atoms with E-state index < -0.39 is 12.1 Å². The van der Waals surface area contributed by atoms with Gasteiger partial charge in [-0.15, -0.1) is 0 Å². The molecule has 140 valence electrons. The summed E-state index contributed by atoms with van der Waals surface area (Å²) >= 11 is 0. The van der Waals surface area contributed by atoms with E-state index in [1.807, 2.05) is 84.9 Å². The number of alkyl carbamates (subject to hydrolysis) is 1. The minimum Gasteiger partial charge on any atom is -0.453 e. The average molecular weight is 371 g/mol. The molecule has 0 saturated heterocycles. The maximum absolute atomic E-state index is 13.4. The number of ketones is 1. The highest BCUT2D eigenvalue weighted by Crippen LogP contribution is 2.27. The number of hydrogen-bond acceptors (Lipinski definition) is 3. The molecule has 3 aromatic carbocycles. The summed E-state index contributed by atoms with van der Waals surface area (Å²) in [5.74, 6) is -0.158. The SMILES string of the molecule is COC(=O)NC(/C(=C/c1ccccc1)C(=O)c1ccccc1)c1ccccc1. The first-order valence-corrected chi connectivity index (χ1v) is 8.95. The second-order valence-electron chi connectivity index (χ2n) is 6.19. The molecule has 0 saturated carbocycles. The fraction of sp³-hybridized carbons (Fsp3) is 0.0833. The van der Waals surface area contributed by atoms with Gasteiger partial charge in [0.25, 0.3) is 0 Å². The van der Waals surface area contributed by atoms with Crippen LogP contribution in [0.2, 0.25) is 0 Å². The summed E-state index contributed by atoms with van der Waals surface area (Å²) in [5, 5.41) is 2.80. The van der Waals surface area contributed by atoms with Gasteiger partial charge in [0.1, 0.15) is 0 Å². The molecule has 0 bridgehead atoms. The molecule has 3 rings (SSSR count). The number of amides is 1. The monoisotopic (exact) mass is 371 g/mol. The van der Waals surface area contributed by atoms with E-state index in [2.05, 4.69) is 5.32 Å². The number of rotatable bonds is 6. The van der Waals surface area contributed by atoms with Gasteiger partial charge in [0.15, 0.2) is 5.78 Å². The molecule has 0 fully saturated rings. The van der Waals surface area contributed by atoms with Crippen LogP contribution in [0.5, 0.6) is 0 Å². The maximum Gasteiger partial charge on any atom is 0.407 e. The Hall–Kier alpha value is -3.66. The maximum atomic E-state index is 13.4. The van der Waals surface area contributed by atoms with Crippen molar-refractivity contribution in [1.29, 1.82) is 0 Å². The van der Waals surface area contributed by atoms with Crippen LogP contribution in [0.25, 0.3) is 6.08 Å². The van der Waals surface area contributed by atoms with E-state index in [9.17, 15) is 9.59 Å². The van der Waals surface area contributed by atoms with Crippen molar-refractivity contribution < 1.29 is 14.3 Å². The van der Waals surface area contributed by atoms with Crippen LogP contribution >= 0.6 is 0 Å². The summed E-state index contributed by atoms with van der Waals surface area (Å²) in [6.45, 7) is 0. The fourth-order valence-corrected chi connectivity index (χ4v) is 2.93. The molecule has 0 heterocycles. The van der Waals surface area contributed by atoms with Gasteiger partial charge in [0.2, 0.25) is 0 Å². The number of hydrogen-bond donors (Lipinski definition) is 1. The second-order valence-corrected chi connectivity index (χ2v) is 6.19. The van der Waals surface area contributed by atoms with E-state index in [0.29, 0.717) is 11.1 Å². The second kappa shape index (κ2) is 9.33. The van der Waals surface area contributed by atoms with Gasteiger partial charge in [-0.2, -0.15) is 0 Å². The summed E-state index contributed by atoms with van der Waals surface area (Å²) < 4.78 is 4.80. The zero-order chi connectivity index (χ0) is 19.8. The minimum absolute atomic E-state index is 0.158. The molecule has 0 aliphatic heterocycles. The van der Waals surface area contributed by atoms with Gasteiger partial charge in [-0.3, -0.25) is 4.79 Å². The van der Waals surface area contributed by atoms with Crippen LogP contribution in [0.3, 0.4) is 0 Å². The molecule has 0 radical (unpaired) electrons. The number of ether oxygens (including phenoxy) is 1. The highest BCUT2D eigenvalue weighted by Gasteiger charge is 2.25. The van der Waals surface area contributed by atoms with Gasteiger partial charge < -0.3 is 10.1 Å². The van der Waals surface area contributed by atoms with Crippen LogP contribution in [0, 0.1) is 0 Å². The predicted octanol–water partition coefficient (Wildman–Crippen LogP) is 5.05. The van der Waals surface area contributed by atoms with Gasteiger partial charge in [-0.05, 0) is 17.2 Å². The van der Waals surface area contributed by atoms with Crippen molar-refractivity contribution in [2.75, 3.05) is 7.11 Å². The molecule has 28 heavy (non-hydrogen) atoms. The van der Waals surface area contributed by atoms with E-state index >= 15 is 0 Å². The van der Waals surface area contributed by atoms with E-state index in [-0.39, 0.29) is 5.78 Å². The number of Topliss-reactive ketones (excluding diaryl/α,β-unsaturated/α-hetero) is 1. The van der Waals surface area contributed by atoms with Gasteiger partial charge in [-0.1, -0.05) is 91.0 Å². The van der Waals surface area contributed by atoms with Crippen molar-refractivity contribution in [1.82, 2.24) is 5.32 Å². The third-order valence-corrected chi connectivity index (χ3v) is 4.31. The Balaban J connectivity index is 2.12. The number of carbonyl (C=O) groups excluding carboxylic acids is 2. The molecular weight excluding hydrogens is 350 g/mol. The predicted molar refractivity (Wildman–Crippen MR) is 110 cm³/mol. The van der Waals surface area contributed by atoms with Crippen molar-refractivity contribution in [3.05, 3.63) is 113 Å². The van der Waals surface area contributed by atoms with E-state index in [0.717, 1.165) is 11.1 Å². The Morgan fingerprint density at radius 3 is 1.93 bits per heavy atom. The first-order valence-electron chi connectivity index (χ1n) is 8.95. The van der Waals surface area contributed by atoms with Crippen molar-refractivity contribution in [3.8, 4) is 0 Å². The minimum atomic E-state index is -0.651. The summed E-state index contributed by atoms with van der Waals surface area (Å²) in [6.07, 6.45) is 1.21. The van der Waals surface area contributed by atoms with Gasteiger partial charge in [0.05, 0.1) is 13.2 Å². The van der Waals surface area contributed by atoms with E-state index in [4.69, 9.17) is 4.74 Å². The summed E-state index contributed by atoms with van der Waals surface area (Å²) in [6, 6.07) is 27.3. The lowest BCUT2D eigenvalue weighted by molar-refractivity contribution is 0.102. The van der Waals surface area contributed by atoms with E-state index in [1.54, 1.807) is 12.1 Å². The normalized spacial score (nSPS) is 12.1. The lowest BCUT2D eigenvalue weighted by Gasteiger charge is -2.21. The molecule has 1 amide bonds. The summed E-state index contributed by atoms with van der Waals surface area (Å²) in [7, 11) is 1.30. The van der Waals surface area contributed by atoms with Crippen LogP contribution < -0.4 is 5.32 Å². The van der Waals surface area contributed by atoms with Crippen LogP contribution in [-0.2, 0) is 4.74 Å². The van der Waals surface area contributed by atoms with Crippen molar-refractivity contribution >= 4 is 18.0 Å². The molecule has 3 aromatic rings. The smallest absolute Gasteiger partial charge is 0.407 e. The van der Waals surface area contributed by atoms with Gasteiger partial charge in [0, 0.05) is 11.1 Å². The molecule has 0 aliphatic carbocycles. The molecule has 0 spiro atoms. The number of methoxy groups -OCH3 is 1. The highest BCUT2D eigenvalue weighted by atomic mass is 16.5. The first kappa shape index (κ1) is 19.1. The molecular formula is C24H21NO3.